The molecule has 11 heavy (non-hydrogen) atoms. The molecular weight excluding hydrogens is 265 g/mol. The van der Waals surface area contributed by atoms with Gasteiger partial charge in [0.05, 0.1) is 0 Å². The van der Waals surface area contributed by atoms with Gasteiger partial charge >= 0.3 is 0 Å². The number of rotatable bonds is 0. The average Bonchev–Trinajstić information content (AvgIpc) is 1.90. The fourth-order valence-corrected chi connectivity index (χ4v) is 0.342. The Bertz CT molecular complexity index is 110. The zero-order chi connectivity index (χ0) is 7.82. The van der Waals surface area contributed by atoms with E-state index in [1.807, 2.05) is 30.3 Å². The van der Waals surface area contributed by atoms with Crippen LogP contribution in [-0.2, 0) is 0 Å². The molecule has 0 atom stereocenters. The van der Waals surface area contributed by atoms with Crippen LogP contribution in [-0.4, -0.2) is 11.2 Å². The van der Waals surface area contributed by atoms with Crippen LogP contribution in [0, 0.1) is 47.4 Å². The van der Waals surface area contributed by atoms with Crippen LogP contribution in [0.5, 0.6) is 0 Å². The fourth-order valence-electron chi connectivity index (χ4n) is 0.342. The Balaban J connectivity index is 0. The molecule has 0 bridgehead atoms. The third-order valence-corrected chi connectivity index (χ3v) is 0.607. The van der Waals surface area contributed by atoms with Crippen molar-refractivity contribution in [3.8, 4) is 0 Å². The van der Waals surface area contributed by atoms with E-state index in [9.17, 15) is 0 Å². The molecule has 1 N–H and O–H groups in total. The van der Waals surface area contributed by atoms with Crippen LogP contribution in [0.2, 0.25) is 0 Å². The summed E-state index contributed by atoms with van der Waals surface area (Å²) in [7, 11) is 0. The van der Waals surface area contributed by atoms with E-state index in [0.717, 1.165) is 0 Å². The largest absolute Gasteiger partial charge is 0.394 e. The van der Waals surface area contributed by atoms with Gasteiger partial charge in [-0.3, -0.25) is 0 Å². The van der Waals surface area contributed by atoms with E-state index >= 15 is 0 Å². The van der Waals surface area contributed by atoms with E-state index in [4.69, 9.17) is 5.11 Å². The Morgan fingerprint density at radius 3 is 1.55 bits per heavy atom. The molecule has 0 aliphatic heterocycles. The molecule has 0 aliphatic rings. The summed E-state index contributed by atoms with van der Waals surface area (Å²) < 4.78 is 0. The van der Waals surface area contributed by atoms with Crippen LogP contribution >= 0.6 is 0 Å². The zero-order valence-electron chi connectivity index (χ0n) is 6.99. The van der Waals surface area contributed by atoms with E-state index in [2.05, 4.69) is 6.07 Å². The minimum absolute atomic E-state index is 0. The third kappa shape index (κ3) is 18.0. The van der Waals surface area contributed by atoms with Crippen molar-refractivity contribution >= 4 is 0 Å². The zero-order valence-corrected chi connectivity index (χ0v) is 10.7. The first kappa shape index (κ1) is 14.1. The molecule has 59 valence electrons. The van der Waals surface area contributed by atoms with E-state index in [-0.39, 0.29) is 47.4 Å². The van der Waals surface area contributed by atoms with Gasteiger partial charge in [-0.1, -0.05) is 0 Å². The number of aliphatic hydroxyl groups is 1. The van der Waals surface area contributed by atoms with Crippen molar-refractivity contribution in [3.63, 3.8) is 0 Å². The van der Waals surface area contributed by atoms with Crippen molar-refractivity contribution in [1.82, 2.24) is 0 Å². The maximum Gasteiger partial charge on any atom is 0.0483 e. The van der Waals surface area contributed by atoms with Crippen LogP contribution in [0.1, 0.15) is 13.8 Å². The average molecular weight is 278 g/mol. The summed E-state index contributed by atoms with van der Waals surface area (Å²) in [5, 5.41) is 8.06. The van der Waals surface area contributed by atoms with Gasteiger partial charge in [0.2, 0.25) is 0 Å². The monoisotopic (exact) mass is 278 g/mol. The number of aliphatic hydroxyl groups excluding tert-OH is 1. The second kappa shape index (κ2) is 10.5. The Hall–Kier alpha value is 0.544. The van der Waals surface area contributed by atoms with Crippen molar-refractivity contribution in [2.75, 3.05) is 0 Å². The minimum atomic E-state index is -0.167. The summed E-state index contributed by atoms with van der Waals surface area (Å²) in [6, 6.07) is 12.5. The number of benzene rings is 1. The van der Waals surface area contributed by atoms with Crippen LogP contribution in [0.25, 0.3) is 0 Å². The first-order chi connectivity index (χ1) is 4.73. The molecule has 1 nitrogen and oxygen atoms in total. The molecule has 2 heteroatoms. The van der Waals surface area contributed by atoms with Gasteiger partial charge in [0.15, 0.2) is 0 Å². The van der Waals surface area contributed by atoms with Gasteiger partial charge in [-0.2, -0.15) is 36.4 Å². The van der Waals surface area contributed by atoms with E-state index in [0.29, 0.717) is 0 Å². The molecule has 0 heterocycles. The van der Waals surface area contributed by atoms with Crippen molar-refractivity contribution in [2.45, 2.75) is 20.0 Å². The summed E-state index contributed by atoms with van der Waals surface area (Å²) in [5.74, 6) is 0. The first-order valence-electron chi connectivity index (χ1n) is 3.32. The molecule has 0 spiro atoms. The number of hydrogen-bond acceptors (Lipinski definition) is 1. The van der Waals surface area contributed by atoms with Gasteiger partial charge in [-0.15, -0.1) is 0 Å². The molecule has 1 radical (unpaired) electrons. The normalized spacial score (nSPS) is 7.64. The van der Waals surface area contributed by atoms with Crippen LogP contribution in [0.4, 0.5) is 0 Å². The van der Waals surface area contributed by atoms with Gasteiger partial charge in [0.1, 0.15) is 0 Å². The second-order valence-electron chi connectivity index (χ2n) is 2.17. The molecular formula is C9H13OPr-. The Morgan fingerprint density at radius 2 is 1.45 bits per heavy atom. The molecule has 0 unspecified atom stereocenters. The van der Waals surface area contributed by atoms with Crippen LogP contribution in [0.3, 0.4) is 0 Å². The molecule has 0 saturated heterocycles. The number of hydrogen-bond donors (Lipinski definition) is 1. The van der Waals surface area contributed by atoms with Gasteiger partial charge in [0, 0.05) is 47.4 Å². The summed E-state index contributed by atoms with van der Waals surface area (Å²) in [4.78, 5) is 0. The Kier molecular flexibility index (Phi) is 13.5. The van der Waals surface area contributed by atoms with Crippen molar-refractivity contribution in [1.29, 1.82) is 0 Å². The summed E-state index contributed by atoms with van der Waals surface area (Å²) in [5.41, 5.74) is 0. The molecule has 0 aromatic heterocycles. The molecule has 1 aromatic carbocycles. The van der Waals surface area contributed by atoms with Gasteiger partial charge < -0.3 is 5.11 Å². The quantitative estimate of drug-likeness (QED) is 0.718. The maximum absolute atomic E-state index is 8.06. The van der Waals surface area contributed by atoms with E-state index in [1.54, 1.807) is 13.8 Å². The maximum atomic E-state index is 8.06. The topological polar surface area (TPSA) is 20.2 Å². The third-order valence-electron chi connectivity index (χ3n) is 0.607. The summed E-state index contributed by atoms with van der Waals surface area (Å²) in [6.07, 6.45) is -0.167. The molecule has 0 fully saturated rings. The van der Waals surface area contributed by atoms with Crippen LogP contribution in [0.15, 0.2) is 30.3 Å². The van der Waals surface area contributed by atoms with E-state index in [1.165, 1.54) is 0 Å². The van der Waals surface area contributed by atoms with Crippen molar-refractivity contribution in [2.24, 2.45) is 0 Å². The standard InChI is InChI=1S/C6H5.C3H8O.Pr/c1-2-4-6-5-3-1;1-3(2)4;/h1-5H;3-4H,1-2H3;/q-1;;. The van der Waals surface area contributed by atoms with Gasteiger partial charge in [-0.25, -0.2) is 0 Å². The molecule has 0 amide bonds. The second-order valence-corrected chi connectivity index (χ2v) is 2.17. The van der Waals surface area contributed by atoms with Gasteiger partial charge in [-0.05, 0) is 13.8 Å². The van der Waals surface area contributed by atoms with Crippen molar-refractivity contribution in [3.05, 3.63) is 36.4 Å². The molecule has 0 saturated carbocycles. The summed E-state index contributed by atoms with van der Waals surface area (Å²) in [6.45, 7) is 3.44. The Morgan fingerprint density at radius 1 is 1.09 bits per heavy atom. The fraction of sp³-hybridized carbons (Fsp3) is 0.333. The van der Waals surface area contributed by atoms with E-state index < -0.39 is 0 Å². The van der Waals surface area contributed by atoms with Gasteiger partial charge in [0.25, 0.3) is 0 Å². The van der Waals surface area contributed by atoms with Crippen molar-refractivity contribution < 1.29 is 46.4 Å². The first-order valence-corrected chi connectivity index (χ1v) is 3.32. The van der Waals surface area contributed by atoms with Crippen LogP contribution < -0.4 is 0 Å². The summed E-state index contributed by atoms with van der Waals surface area (Å²) >= 11 is 0. The SMILES string of the molecule is CC(C)O.[Pr].[c-]1ccccc1. The predicted molar refractivity (Wildman–Crippen MR) is 42.6 cm³/mol. The predicted octanol–water partition coefficient (Wildman–Crippen LogP) is 1.87. The molecule has 0 aliphatic carbocycles. The molecule has 1 aromatic rings. The smallest absolute Gasteiger partial charge is 0.0483 e. The Labute approximate surface area is 102 Å². The minimum Gasteiger partial charge on any atom is -0.394 e. The molecule has 1 rings (SSSR count).